The van der Waals surface area contributed by atoms with Gasteiger partial charge in [-0.05, 0) is 11.8 Å². The minimum Gasteiger partial charge on any atom is -0.365 e. The van der Waals surface area contributed by atoms with Gasteiger partial charge in [-0.1, -0.05) is 32.5 Å². The van der Waals surface area contributed by atoms with Crippen molar-refractivity contribution in [1.82, 2.24) is 5.32 Å². The van der Waals surface area contributed by atoms with E-state index in [-0.39, 0.29) is 0 Å². The molecule has 0 amide bonds. The first-order valence-corrected chi connectivity index (χ1v) is 5.58. The molecule has 0 fully saturated rings. The lowest BCUT2D eigenvalue weighted by atomic mass is 10.2. The first-order valence-electron chi connectivity index (χ1n) is 4.59. The molecule has 0 aromatic heterocycles. The zero-order valence-electron chi connectivity index (χ0n) is 8.13. The van der Waals surface area contributed by atoms with Gasteiger partial charge in [-0.25, -0.2) is 0 Å². The molecule has 0 aromatic carbocycles. The Hall–Kier alpha value is -0.180. The van der Waals surface area contributed by atoms with Gasteiger partial charge in [-0.3, -0.25) is 4.99 Å². The van der Waals surface area contributed by atoms with Crippen molar-refractivity contribution in [3.63, 3.8) is 0 Å². The van der Waals surface area contributed by atoms with E-state index >= 15 is 0 Å². The Morgan fingerprint density at radius 1 is 1.67 bits per heavy atom. The number of hydrogen-bond donors (Lipinski definition) is 1. The number of rotatable bonds is 2. The maximum absolute atomic E-state index is 4.45. The van der Waals surface area contributed by atoms with Gasteiger partial charge in [0.05, 0.1) is 0 Å². The molecular weight excluding hydrogens is 168 g/mol. The average molecular weight is 186 g/mol. The number of amidine groups is 1. The summed E-state index contributed by atoms with van der Waals surface area (Å²) < 4.78 is 0. The van der Waals surface area contributed by atoms with Crippen LogP contribution < -0.4 is 5.32 Å². The summed E-state index contributed by atoms with van der Waals surface area (Å²) in [5.41, 5.74) is 0. The molecule has 1 rings (SSSR count). The molecule has 0 saturated heterocycles. The summed E-state index contributed by atoms with van der Waals surface area (Å²) in [6.07, 6.45) is 0. The van der Waals surface area contributed by atoms with Crippen LogP contribution in [0.1, 0.15) is 20.8 Å². The highest BCUT2D eigenvalue weighted by atomic mass is 32.2. The Morgan fingerprint density at radius 3 is 2.92 bits per heavy atom. The Bertz CT molecular complexity index is 166. The summed E-state index contributed by atoms with van der Waals surface area (Å²) >= 11 is 1.85. The van der Waals surface area contributed by atoms with E-state index in [1.54, 1.807) is 0 Å². The number of aliphatic imine (C=N–C) groups is 1. The fraction of sp³-hybridized carbons (Fsp3) is 0.889. The zero-order chi connectivity index (χ0) is 8.97. The first-order chi connectivity index (χ1) is 5.68. The van der Waals surface area contributed by atoms with Crippen LogP contribution in [-0.2, 0) is 0 Å². The SMILES string of the molecule is CC(C)CNC1=NCC(C)CS1. The normalized spacial score (nSPS) is 24.0. The molecule has 12 heavy (non-hydrogen) atoms. The second kappa shape index (κ2) is 4.75. The summed E-state index contributed by atoms with van der Waals surface area (Å²) in [6, 6.07) is 0. The maximum Gasteiger partial charge on any atom is 0.156 e. The van der Waals surface area contributed by atoms with Gasteiger partial charge in [-0.15, -0.1) is 0 Å². The number of nitrogens with one attached hydrogen (secondary N) is 1. The molecule has 70 valence electrons. The molecule has 1 N–H and O–H groups in total. The van der Waals surface area contributed by atoms with Gasteiger partial charge in [0.2, 0.25) is 0 Å². The Balaban J connectivity index is 2.24. The molecule has 1 unspecified atom stereocenters. The molecule has 0 bridgehead atoms. The number of nitrogens with zero attached hydrogens (tertiary/aromatic N) is 1. The maximum atomic E-state index is 4.45. The van der Waals surface area contributed by atoms with Crippen molar-refractivity contribution in [2.75, 3.05) is 18.8 Å². The third-order valence-electron chi connectivity index (χ3n) is 1.71. The second-order valence-electron chi connectivity index (χ2n) is 3.84. The van der Waals surface area contributed by atoms with Crippen molar-refractivity contribution in [1.29, 1.82) is 0 Å². The Morgan fingerprint density at radius 2 is 2.42 bits per heavy atom. The van der Waals surface area contributed by atoms with Crippen LogP contribution in [0.3, 0.4) is 0 Å². The number of hydrogen-bond acceptors (Lipinski definition) is 3. The lowest BCUT2D eigenvalue weighted by Gasteiger charge is -2.18. The van der Waals surface area contributed by atoms with E-state index in [0.717, 1.165) is 24.2 Å². The van der Waals surface area contributed by atoms with Crippen molar-refractivity contribution in [3.05, 3.63) is 0 Å². The Kier molecular flexibility index (Phi) is 3.92. The van der Waals surface area contributed by atoms with Gasteiger partial charge in [0.25, 0.3) is 0 Å². The van der Waals surface area contributed by atoms with Gasteiger partial charge in [0, 0.05) is 18.8 Å². The standard InChI is InChI=1S/C9H18N2S/c1-7(2)4-10-9-11-5-8(3)6-12-9/h7-8H,4-6H2,1-3H3,(H,10,11). The molecule has 2 nitrogen and oxygen atoms in total. The number of thioether (sulfide) groups is 1. The van der Waals surface area contributed by atoms with Crippen molar-refractivity contribution in [3.8, 4) is 0 Å². The summed E-state index contributed by atoms with van der Waals surface area (Å²) in [5.74, 6) is 2.66. The van der Waals surface area contributed by atoms with Crippen LogP contribution in [-0.4, -0.2) is 24.0 Å². The molecule has 0 saturated carbocycles. The van der Waals surface area contributed by atoms with E-state index in [9.17, 15) is 0 Å². The fourth-order valence-corrected chi connectivity index (χ4v) is 1.86. The van der Waals surface area contributed by atoms with Crippen LogP contribution in [0.2, 0.25) is 0 Å². The van der Waals surface area contributed by atoms with Crippen molar-refractivity contribution >= 4 is 16.9 Å². The van der Waals surface area contributed by atoms with Gasteiger partial charge < -0.3 is 5.32 Å². The van der Waals surface area contributed by atoms with Crippen LogP contribution >= 0.6 is 11.8 Å². The largest absolute Gasteiger partial charge is 0.365 e. The summed E-state index contributed by atoms with van der Waals surface area (Å²) in [6.45, 7) is 8.71. The predicted octanol–water partition coefficient (Wildman–Crippen LogP) is 1.97. The molecule has 1 heterocycles. The molecule has 0 spiro atoms. The van der Waals surface area contributed by atoms with Gasteiger partial charge in [-0.2, -0.15) is 0 Å². The zero-order valence-corrected chi connectivity index (χ0v) is 8.95. The van der Waals surface area contributed by atoms with E-state index in [4.69, 9.17) is 0 Å². The van der Waals surface area contributed by atoms with Gasteiger partial charge >= 0.3 is 0 Å². The molecular formula is C9H18N2S. The van der Waals surface area contributed by atoms with Crippen LogP contribution in [0, 0.1) is 11.8 Å². The Labute approximate surface area is 79.2 Å². The first kappa shape index (κ1) is 9.90. The van der Waals surface area contributed by atoms with E-state index < -0.39 is 0 Å². The summed E-state index contributed by atoms with van der Waals surface area (Å²) in [5, 5.41) is 4.50. The smallest absolute Gasteiger partial charge is 0.156 e. The lowest BCUT2D eigenvalue weighted by Crippen LogP contribution is -2.29. The quantitative estimate of drug-likeness (QED) is 0.713. The molecule has 3 heteroatoms. The molecule has 0 radical (unpaired) electrons. The van der Waals surface area contributed by atoms with Crippen molar-refractivity contribution in [2.45, 2.75) is 20.8 Å². The van der Waals surface area contributed by atoms with Crippen LogP contribution in [0.15, 0.2) is 4.99 Å². The lowest BCUT2D eigenvalue weighted by molar-refractivity contribution is 0.620. The molecule has 1 atom stereocenters. The summed E-state index contributed by atoms with van der Waals surface area (Å²) in [4.78, 5) is 4.45. The van der Waals surface area contributed by atoms with E-state index in [2.05, 4.69) is 31.1 Å². The highest BCUT2D eigenvalue weighted by Gasteiger charge is 2.11. The van der Waals surface area contributed by atoms with Crippen LogP contribution in [0.4, 0.5) is 0 Å². The van der Waals surface area contributed by atoms with E-state index in [1.807, 2.05) is 11.8 Å². The molecule has 0 aliphatic carbocycles. The highest BCUT2D eigenvalue weighted by Crippen LogP contribution is 2.15. The van der Waals surface area contributed by atoms with Crippen molar-refractivity contribution in [2.24, 2.45) is 16.8 Å². The third kappa shape index (κ3) is 3.48. The van der Waals surface area contributed by atoms with Gasteiger partial charge in [0.1, 0.15) is 0 Å². The molecule has 0 aromatic rings. The van der Waals surface area contributed by atoms with Crippen molar-refractivity contribution < 1.29 is 0 Å². The topological polar surface area (TPSA) is 24.4 Å². The summed E-state index contributed by atoms with van der Waals surface area (Å²) in [7, 11) is 0. The average Bonchev–Trinajstić information content (AvgIpc) is 2.03. The fourth-order valence-electron chi connectivity index (χ4n) is 0.957. The van der Waals surface area contributed by atoms with Gasteiger partial charge in [0.15, 0.2) is 5.17 Å². The predicted molar refractivity (Wildman–Crippen MR) is 56.8 cm³/mol. The van der Waals surface area contributed by atoms with Crippen LogP contribution in [0.25, 0.3) is 0 Å². The third-order valence-corrected chi connectivity index (χ3v) is 3.00. The monoisotopic (exact) mass is 186 g/mol. The minimum atomic E-state index is 0.702. The second-order valence-corrected chi connectivity index (χ2v) is 4.85. The minimum absolute atomic E-state index is 0.702. The van der Waals surface area contributed by atoms with Crippen LogP contribution in [0.5, 0.6) is 0 Å². The van der Waals surface area contributed by atoms with E-state index in [0.29, 0.717) is 5.92 Å². The highest BCUT2D eigenvalue weighted by molar-refractivity contribution is 8.13. The molecule has 1 aliphatic heterocycles. The molecule has 1 aliphatic rings. The van der Waals surface area contributed by atoms with E-state index in [1.165, 1.54) is 5.75 Å².